The third kappa shape index (κ3) is 10.6. The van der Waals surface area contributed by atoms with Crippen LogP contribution in [-0.4, -0.2) is 27.1 Å². The van der Waals surface area contributed by atoms with E-state index in [9.17, 15) is 0 Å². The number of rotatable bonds is 9. The molecule has 34 rings (SSSR count). The highest BCUT2D eigenvalue weighted by atomic mass is 16.3. The molecular formula is C136H76N6O2. The second-order valence-electron chi connectivity index (χ2n) is 39.7. The summed E-state index contributed by atoms with van der Waals surface area (Å²) >= 11 is 0. The number of hydrogen-bond acceptors (Lipinski definition) is 2. The molecule has 10 heterocycles. The third-order valence-electron chi connectivity index (χ3n) is 32.2. The van der Waals surface area contributed by atoms with E-state index in [1.54, 1.807) is 0 Å². The summed E-state index contributed by atoms with van der Waals surface area (Å²) in [6.07, 6.45) is 0. The quantitative estimate of drug-likeness (QED) is 0.145. The number of para-hydroxylation sites is 8. The van der Waals surface area contributed by atoms with Crippen molar-refractivity contribution in [1.82, 2.24) is 27.1 Å². The first-order valence-corrected chi connectivity index (χ1v) is 49.7. The average Bonchev–Trinajstić information content (AvgIpc) is 1.51. The molecule has 0 bridgehead atoms. The Labute approximate surface area is 819 Å². The molecule has 0 N–H and O–H groups in total. The van der Waals surface area contributed by atoms with Crippen molar-refractivity contribution in [2.24, 2.45) is 0 Å². The molecule has 24 aromatic carbocycles. The standard InChI is InChI=1S/C136H76N6O2/c1-3-21-95(22-4-1)137-117-32-13-7-26-99(117)105-63-83(48-54-121(105)137)80-40-44-89-69-115-125(73-93(89)59-80)141-123-71-91-58-79(38-42-87(91)65-107(123)113-75-111-101-28-9-15-34-119(101)139(96-23-5-2-6-24-96)133(111)131(115)135(113)141)84-49-55-122-106(64-84)100-27-8-14-33-118(100)138(122)97-52-46-77(47-53-97)78-20-19-25-98(62-78)140-120-35-16-10-29-102(120)112-76-114-108-66-88-43-39-81(85-50-56-129-109(67-85)103-30-11-17-36-127(103)143-129)60-92(88)72-124(108)142-126-74-94-61-82(41-45-90(94)70-116(126)132(134(112)140)136(114)142)86-51-57-130-110(68-86)104-31-12-18-37-128(104)144-130/h1-76H. The Bertz CT molecular complexity index is 11700. The molecule has 0 saturated heterocycles. The molecule has 144 heavy (non-hydrogen) atoms. The van der Waals surface area contributed by atoms with Gasteiger partial charge in [-0.1, -0.05) is 243 Å². The van der Waals surface area contributed by atoms with Crippen LogP contribution in [0.1, 0.15) is 0 Å². The van der Waals surface area contributed by atoms with E-state index in [0.29, 0.717) is 0 Å². The fourth-order valence-electron chi connectivity index (χ4n) is 25.8. The van der Waals surface area contributed by atoms with Crippen LogP contribution >= 0.6 is 0 Å². The molecule has 0 fully saturated rings. The highest BCUT2D eigenvalue weighted by molar-refractivity contribution is 6.38. The van der Waals surface area contributed by atoms with Gasteiger partial charge in [-0.25, -0.2) is 0 Å². The normalized spacial score (nSPS) is 12.6. The Hall–Kier alpha value is -19.3. The van der Waals surface area contributed by atoms with E-state index in [1.807, 2.05) is 12.1 Å². The topological polar surface area (TPSA) is 54.8 Å². The fourth-order valence-corrected chi connectivity index (χ4v) is 25.8. The van der Waals surface area contributed by atoms with Crippen LogP contribution in [0, 0.1) is 0 Å². The number of aromatic nitrogens is 6. The van der Waals surface area contributed by atoms with Gasteiger partial charge in [-0.05, 0) is 317 Å². The predicted octanol–water partition coefficient (Wildman–Crippen LogP) is 37.1. The molecule has 0 atom stereocenters. The molecule has 10 aromatic heterocycles. The SMILES string of the molecule is c1ccc(-n2c3ccccc3c3cc(-c4ccc5cc6c7c8c(cc9c%10cc%11ccc(-c%12ccc%13c(c%12)c%12ccccc%12n%13-c%12ccc(-c%13cccc(-n%14c%15ccccc%15c%15cc%16c%17cc%18ccc(-c%19ccc%20oc%21ccccc%21c%20c%19)cc%18cc%17n%17c%18cc%19cc(-c%20ccc%21oc%22ccccc%22c%21c%20)ccc%19cc%18c(c%15%14)c%16%17)c%13)cc%12)cc%11cc%10n(c6cc5c4)c97)c4ccccc4n8-c4ccccc4)ccc32)cc1. The summed E-state index contributed by atoms with van der Waals surface area (Å²) < 4.78 is 27.8. The molecule has 0 spiro atoms. The smallest absolute Gasteiger partial charge is 0.135 e. The van der Waals surface area contributed by atoms with Crippen molar-refractivity contribution in [3.63, 3.8) is 0 Å². The number of hydrogen-bond donors (Lipinski definition) is 0. The minimum atomic E-state index is 0.892. The maximum atomic E-state index is 6.35. The lowest BCUT2D eigenvalue weighted by molar-refractivity contribution is 0.668. The lowest BCUT2D eigenvalue weighted by Gasteiger charge is -2.13. The fraction of sp³-hybridized carbons (Fsp3) is 0. The van der Waals surface area contributed by atoms with Crippen LogP contribution < -0.4 is 0 Å². The molecule has 0 radical (unpaired) electrons. The zero-order valence-electron chi connectivity index (χ0n) is 77.4. The van der Waals surface area contributed by atoms with Crippen LogP contribution in [0.15, 0.2) is 470 Å². The predicted molar refractivity (Wildman–Crippen MR) is 605 cm³/mol. The lowest BCUT2D eigenvalue weighted by atomic mass is 9.96. The van der Waals surface area contributed by atoms with Crippen LogP contribution in [0.3, 0.4) is 0 Å². The summed E-state index contributed by atoms with van der Waals surface area (Å²) in [7, 11) is 0. The maximum absolute atomic E-state index is 6.35. The first-order valence-electron chi connectivity index (χ1n) is 49.7. The van der Waals surface area contributed by atoms with Gasteiger partial charge in [-0.3, -0.25) is 0 Å². The van der Waals surface area contributed by atoms with E-state index in [4.69, 9.17) is 8.83 Å². The summed E-state index contributed by atoms with van der Waals surface area (Å²) in [5.74, 6) is 0. The Morgan fingerprint density at radius 1 is 0.125 bits per heavy atom. The number of fused-ring (bicyclic) bond motifs is 36. The molecule has 34 aromatic rings. The van der Waals surface area contributed by atoms with Gasteiger partial charge in [-0.15, -0.1) is 0 Å². The van der Waals surface area contributed by atoms with Gasteiger partial charge < -0.3 is 35.9 Å². The van der Waals surface area contributed by atoms with E-state index in [-0.39, 0.29) is 0 Å². The van der Waals surface area contributed by atoms with Gasteiger partial charge in [-0.2, -0.15) is 0 Å². The first-order chi connectivity index (χ1) is 71.3. The van der Waals surface area contributed by atoms with Crippen LogP contribution in [0.25, 0.3) is 329 Å². The third-order valence-corrected chi connectivity index (χ3v) is 32.2. The van der Waals surface area contributed by atoms with Crippen molar-refractivity contribution in [3.8, 4) is 78.4 Å². The van der Waals surface area contributed by atoms with E-state index in [1.165, 1.54) is 212 Å². The average molecular weight is 1830 g/mol. The summed E-state index contributed by atoms with van der Waals surface area (Å²) in [6, 6.07) is 173. The van der Waals surface area contributed by atoms with Gasteiger partial charge in [0.1, 0.15) is 22.3 Å². The van der Waals surface area contributed by atoms with E-state index in [2.05, 4.69) is 476 Å². The van der Waals surface area contributed by atoms with Crippen LogP contribution in [0.5, 0.6) is 0 Å². The summed E-state index contributed by atoms with van der Waals surface area (Å²) in [6.45, 7) is 0. The van der Waals surface area contributed by atoms with Gasteiger partial charge in [0.05, 0.1) is 77.2 Å². The van der Waals surface area contributed by atoms with Crippen LogP contribution in [0.4, 0.5) is 0 Å². The van der Waals surface area contributed by atoms with Gasteiger partial charge >= 0.3 is 0 Å². The molecule has 0 aliphatic carbocycles. The molecule has 0 saturated carbocycles. The molecule has 662 valence electrons. The molecule has 8 heteroatoms. The van der Waals surface area contributed by atoms with Crippen molar-refractivity contribution < 1.29 is 8.83 Å². The first kappa shape index (κ1) is 76.7. The second kappa shape index (κ2) is 28.3. The molecule has 0 unspecified atom stereocenters. The highest BCUT2D eigenvalue weighted by Gasteiger charge is 2.31. The number of benzene rings is 24. The zero-order chi connectivity index (χ0) is 93.3. The molecule has 8 nitrogen and oxygen atoms in total. The molecule has 0 amide bonds. The Morgan fingerprint density at radius 2 is 0.410 bits per heavy atom. The molecule has 0 aliphatic rings. The zero-order valence-corrected chi connectivity index (χ0v) is 77.4. The molecule has 0 aliphatic heterocycles. The van der Waals surface area contributed by atoms with E-state index in [0.717, 1.165) is 117 Å². The largest absolute Gasteiger partial charge is 0.456 e. The Balaban J connectivity index is 0.497. The van der Waals surface area contributed by atoms with E-state index >= 15 is 0 Å². The molecular weight excluding hydrogens is 1750 g/mol. The Kier molecular flexibility index (Phi) is 15.1. The van der Waals surface area contributed by atoms with Crippen LogP contribution in [0.2, 0.25) is 0 Å². The monoisotopic (exact) mass is 1820 g/mol. The van der Waals surface area contributed by atoms with Gasteiger partial charge in [0.2, 0.25) is 0 Å². The summed E-state index contributed by atoms with van der Waals surface area (Å²) in [4.78, 5) is 0. The minimum absolute atomic E-state index is 0.892. The van der Waals surface area contributed by atoms with E-state index < -0.39 is 0 Å². The van der Waals surface area contributed by atoms with Crippen molar-refractivity contribution in [3.05, 3.63) is 461 Å². The van der Waals surface area contributed by atoms with Crippen molar-refractivity contribution in [2.75, 3.05) is 0 Å². The minimum Gasteiger partial charge on any atom is -0.456 e. The lowest BCUT2D eigenvalue weighted by Crippen LogP contribution is -1.96. The number of furan rings is 2. The maximum Gasteiger partial charge on any atom is 0.135 e. The summed E-state index contributed by atoms with van der Waals surface area (Å²) in [5.41, 5.74) is 36.4. The Morgan fingerprint density at radius 3 is 0.847 bits per heavy atom. The highest BCUT2D eigenvalue weighted by Crippen LogP contribution is 2.54. The van der Waals surface area contributed by atoms with Crippen molar-refractivity contribution in [2.45, 2.75) is 0 Å². The second-order valence-corrected chi connectivity index (χ2v) is 39.7. The van der Waals surface area contributed by atoms with Gasteiger partial charge in [0.25, 0.3) is 0 Å². The van der Waals surface area contributed by atoms with Gasteiger partial charge in [0.15, 0.2) is 0 Å². The van der Waals surface area contributed by atoms with Crippen LogP contribution in [-0.2, 0) is 0 Å². The van der Waals surface area contributed by atoms with Gasteiger partial charge in [0, 0.05) is 130 Å². The number of nitrogens with zero attached hydrogens (tertiary/aromatic N) is 6. The summed E-state index contributed by atoms with van der Waals surface area (Å²) in [5, 5.41) is 33.8. The van der Waals surface area contributed by atoms with Crippen molar-refractivity contribution >= 4 is 250 Å². The van der Waals surface area contributed by atoms with Crippen molar-refractivity contribution in [1.29, 1.82) is 0 Å².